The van der Waals surface area contributed by atoms with Crippen LogP contribution in [0.4, 0.5) is 0 Å². The Morgan fingerprint density at radius 1 is 0.958 bits per heavy atom. The van der Waals surface area contributed by atoms with Gasteiger partial charge in [-0.1, -0.05) is 0 Å². The van der Waals surface area contributed by atoms with Gasteiger partial charge in [-0.3, -0.25) is 0 Å². The van der Waals surface area contributed by atoms with Crippen LogP contribution < -0.4 is 0 Å². The van der Waals surface area contributed by atoms with E-state index in [2.05, 4.69) is 27.4 Å². The monoisotopic (exact) mass is 438 g/mol. The van der Waals surface area contributed by atoms with Crippen molar-refractivity contribution < 1.29 is 7.87 Å². The molecule has 1 aromatic rings. The maximum absolute atomic E-state index is 12.8. The summed E-state index contributed by atoms with van der Waals surface area (Å²) in [6.45, 7) is 10.4. The van der Waals surface area contributed by atoms with Gasteiger partial charge in [0.15, 0.2) is 0 Å². The maximum atomic E-state index is 12.8. The molecular weight excluding hydrogens is 403 g/mol. The Balaban J connectivity index is 2.92. The number of hydrogen-bond donors (Lipinski definition) is 0. The van der Waals surface area contributed by atoms with Gasteiger partial charge in [-0.15, -0.1) is 0 Å². The average Bonchev–Trinajstić information content (AvgIpc) is 2.62. The van der Waals surface area contributed by atoms with E-state index in [0.29, 0.717) is 5.56 Å². The first-order valence-electron chi connectivity index (χ1n) is 9.56. The third-order valence-electron chi connectivity index (χ3n) is 4.65. The van der Waals surface area contributed by atoms with E-state index in [1.54, 1.807) is 6.08 Å². The zero-order valence-electron chi connectivity index (χ0n) is 15.8. The van der Waals surface area contributed by atoms with E-state index in [-0.39, 0.29) is 5.97 Å². The van der Waals surface area contributed by atoms with Gasteiger partial charge < -0.3 is 0 Å². The molecule has 0 saturated carbocycles. The van der Waals surface area contributed by atoms with Gasteiger partial charge in [0, 0.05) is 0 Å². The third kappa shape index (κ3) is 7.00. The number of unbranched alkanes of at least 4 members (excludes halogenated alkanes) is 3. The van der Waals surface area contributed by atoms with Crippen molar-refractivity contribution in [2.75, 3.05) is 0 Å². The summed E-state index contributed by atoms with van der Waals surface area (Å²) in [6.07, 6.45) is 8.94. The van der Waals surface area contributed by atoms with E-state index in [4.69, 9.17) is 3.07 Å². The summed E-state index contributed by atoms with van der Waals surface area (Å²) in [5.41, 5.74) is 1.72. The van der Waals surface area contributed by atoms with Crippen molar-refractivity contribution in [1.29, 1.82) is 0 Å². The standard InChI is InChI=1S/C9H8O2.3C4H9.Sn/c1-2-7-3-5-8(6-4-7)9(10)11;3*1-3-4-2;/h2-6H,1H2,(H,10,11);3*1,3-4H2,2H3;/q;;;;+1/p-1. The predicted octanol–water partition coefficient (Wildman–Crippen LogP) is 6.83. The fourth-order valence-corrected chi connectivity index (χ4v) is 16.1. The van der Waals surface area contributed by atoms with Crippen LogP contribution in [0, 0.1) is 0 Å². The second-order valence-corrected chi connectivity index (χ2v) is 18.3. The molecule has 0 unspecified atom stereocenters. The summed E-state index contributed by atoms with van der Waals surface area (Å²) in [5, 5.41) is 0. The predicted molar refractivity (Wildman–Crippen MR) is 107 cm³/mol. The van der Waals surface area contributed by atoms with Gasteiger partial charge >= 0.3 is 153 Å². The van der Waals surface area contributed by atoms with Crippen LogP contribution in [0.2, 0.25) is 13.3 Å². The van der Waals surface area contributed by atoms with E-state index in [1.807, 2.05) is 24.3 Å². The van der Waals surface area contributed by atoms with Crippen molar-refractivity contribution >= 4 is 30.8 Å². The van der Waals surface area contributed by atoms with Crippen LogP contribution in [-0.4, -0.2) is 24.8 Å². The second-order valence-electron chi connectivity index (χ2n) is 6.71. The van der Waals surface area contributed by atoms with E-state index >= 15 is 0 Å². The zero-order valence-corrected chi connectivity index (χ0v) is 18.6. The van der Waals surface area contributed by atoms with E-state index in [0.717, 1.165) is 5.56 Å². The molecule has 0 saturated heterocycles. The van der Waals surface area contributed by atoms with Crippen LogP contribution in [0.5, 0.6) is 0 Å². The number of rotatable bonds is 12. The van der Waals surface area contributed by atoms with Crippen molar-refractivity contribution in [3.05, 3.63) is 42.0 Å². The van der Waals surface area contributed by atoms with E-state index in [1.165, 1.54) is 51.8 Å². The van der Waals surface area contributed by atoms with Crippen LogP contribution >= 0.6 is 0 Å². The van der Waals surface area contributed by atoms with Crippen molar-refractivity contribution in [3.63, 3.8) is 0 Å². The molecule has 0 atom stereocenters. The summed E-state index contributed by atoms with van der Waals surface area (Å²) < 4.78 is 9.90. The summed E-state index contributed by atoms with van der Waals surface area (Å²) in [7, 11) is 0. The molecule has 0 amide bonds. The molecule has 0 heterocycles. The molecule has 3 heteroatoms. The second kappa shape index (κ2) is 11.7. The summed E-state index contributed by atoms with van der Waals surface area (Å²) in [6, 6.07) is 7.61. The fraction of sp³-hybridized carbons (Fsp3) is 0.571. The van der Waals surface area contributed by atoms with Crippen molar-refractivity contribution in [2.45, 2.75) is 72.6 Å². The Bertz CT molecular complexity index is 471. The Hall–Kier alpha value is -0.771. The Labute approximate surface area is 153 Å². The topological polar surface area (TPSA) is 26.3 Å². The number of hydrogen-bond acceptors (Lipinski definition) is 2. The Morgan fingerprint density at radius 2 is 1.42 bits per heavy atom. The van der Waals surface area contributed by atoms with E-state index < -0.39 is 18.8 Å². The van der Waals surface area contributed by atoms with Crippen LogP contribution in [0.1, 0.15) is 75.2 Å². The van der Waals surface area contributed by atoms with Crippen molar-refractivity contribution in [3.8, 4) is 0 Å². The first-order valence-corrected chi connectivity index (χ1v) is 16.8. The van der Waals surface area contributed by atoms with Gasteiger partial charge in [0.25, 0.3) is 0 Å². The van der Waals surface area contributed by atoms with Crippen molar-refractivity contribution in [1.82, 2.24) is 0 Å². The molecule has 1 rings (SSSR count). The van der Waals surface area contributed by atoms with Crippen LogP contribution in [-0.2, 0) is 3.07 Å². The molecule has 134 valence electrons. The first kappa shape index (κ1) is 21.3. The van der Waals surface area contributed by atoms with Crippen molar-refractivity contribution in [2.24, 2.45) is 0 Å². The molecule has 0 radical (unpaired) electrons. The third-order valence-corrected chi connectivity index (χ3v) is 17.2. The molecule has 0 aliphatic rings. The molecular formula is C21H34O2Sn. The molecule has 0 aromatic heterocycles. The molecule has 0 spiro atoms. The molecule has 0 aliphatic heterocycles. The molecule has 0 N–H and O–H groups in total. The Morgan fingerprint density at radius 3 is 1.79 bits per heavy atom. The van der Waals surface area contributed by atoms with Gasteiger partial charge in [0.2, 0.25) is 0 Å². The van der Waals surface area contributed by atoms with Gasteiger partial charge in [-0.05, 0) is 0 Å². The van der Waals surface area contributed by atoms with Crippen LogP contribution in [0.3, 0.4) is 0 Å². The molecule has 0 aliphatic carbocycles. The fourth-order valence-electron chi connectivity index (χ4n) is 3.04. The molecule has 0 bridgehead atoms. The van der Waals surface area contributed by atoms with Gasteiger partial charge in [0.05, 0.1) is 0 Å². The van der Waals surface area contributed by atoms with Gasteiger partial charge in [0.1, 0.15) is 0 Å². The van der Waals surface area contributed by atoms with Crippen LogP contribution in [0.25, 0.3) is 6.08 Å². The summed E-state index contributed by atoms with van der Waals surface area (Å²) in [4.78, 5) is 12.8. The summed E-state index contributed by atoms with van der Waals surface area (Å²) in [5.74, 6) is -0.0929. The van der Waals surface area contributed by atoms with Gasteiger partial charge in [-0.25, -0.2) is 0 Å². The molecule has 24 heavy (non-hydrogen) atoms. The molecule has 2 nitrogen and oxygen atoms in total. The van der Waals surface area contributed by atoms with E-state index in [9.17, 15) is 4.79 Å². The average molecular weight is 437 g/mol. The molecule has 1 aromatic carbocycles. The normalized spacial score (nSPS) is 11.3. The molecule has 0 fully saturated rings. The Kier molecular flexibility index (Phi) is 10.4. The first-order chi connectivity index (χ1) is 11.6. The van der Waals surface area contributed by atoms with Crippen LogP contribution in [0.15, 0.2) is 30.8 Å². The minimum absolute atomic E-state index is 0.0929. The van der Waals surface area contributed by atoms with Gasteiger partial charge in [-0.2, -0.15) is 0 Å². The number of carbonyl (C=O) groups excluding carboxylic acids is 1. The number of carbonyl (C=O) groups is 1. The number of benzene rings is 1. The minimum atomic E-state index is -2.87. The SMILES string of the molecule is C=Cc1ccc(C(=O)[O][Sn]([CH2]CCC)([CH2]CCC)[CH2]CCC)cc1. The zero-order chi connectivity index (χ0) is 17.8. The quantitative estimate of drug-likeness (QED) is 0.335. The summed E-state index contributed by atoms with van der Waals surface area (Å²) >= 11 is -2.87.